The van der Waals surface area contributed by atoms with Crippen LogP contribution in [0.5, 0.6) is 11.5 Å². The molecule has 0 radical (unpaired) electrons. The van der Waals surface area contributed by atoms with Crippen LogP contribution in [0.1, 0.15) is 21.6 Å². The van der Waals surface area contributed by atoms with Crippen LogP contribution in [0.3, 0.4) is 0 Å². The first kappa shape index (κ1) is 20.7. The first-order valence-corrected chi connectivity index (χ1v) is 9.23. The van der Waals surface area contributed by atoms with Crippen LogP contribution < -0.4 is 14.8 Å². The number of hydrogen-bond acceptors (Lipinski definition) is 5. The second-order valence-corrected chi connectivity index (χ2v) is 6.54. The molecule has 2 aromatic carbocycles. The number of ether oxygens (including phenoxy) is 2. The summed E-state index contributed by atoms with van der Waals surface area (Å²) in [6, 6.07) is 14.4. The normalized spacial score (nSPS) is 11.1. The molecule has 0 saturated heterocycles. The largest absolute Gasteiger partial charge is 0.493 e. The number of benzene rings is 2. The molecule has 3 aromatic rings. The van der Waals surface area contributed by atoms with Crippen molar-refractivity contribution in [3.63, 3.8) is 0 Å². The van der Waals surface area contributed by atoms with E-state index in [1.165, 1.54) is 20.2 Å². The zero-order chi connectivity index (χ0) is 21.7. The molecule has 1 amide bonds. The standard InChI is InChI=1S/C23H21N3O4/c1-14-22(17-6-4-5-7-18(17)26-14)23(28)16(12-24)10-15-8-9-19(20(11-15)29-3)30-13-21(27)25-2/h4-11,26H,13H2,1-3H3,(H,25,27). The summed E-state index contributed by atoms with van der Waals surface area (Å²) in [5, 5.41) is 12.9. The molecule has 152 valence electrons. The monoisotopic (exact) mass is 403 g/mol. The molecule has 0 aliphatic carbocycles. The second-order valence-electron chi connectivity index (χ2n) is 6.54. The van der Waals surface area contributed by atoms with Gasteiger partial charge in [0.1, 0.15) is 11.6 Å². The Balaban J connectivity index is 1.94. The molecule has 0 bridgehead atoms. The van der Waals surface area contributed by atoms with Crippen molar-refractivity contribution in [2.24, 2.45) is 0 Å². The molecular formula is C23H21N3O4. The Morgan fingerprint density at radius 3 is 2.67 bits per heavy atom. The van der Waals surface area contributed by atoms with Crippen LogP contribution in [-0.2, 0) is 4.79 Å². The van der Waals surface area contributed by atoms with E-state index < -0.39 is 0 Å². The average Bonchev–Trinajstić information content (AvgIpc) is 3.11. The molecule has 2 N–H and O–H groups in total. The molecule has 30 heavy (non-hydrogen) atoms. The van der Waals surface area contributed by atoms with Gasteiger partial charge in [0.05, 0.1) is 12.7 Å². The quantitative estimate of drug-likeness (QED) is 0.357. The number of aromatic amines is 1. The van der Waals surface area contributed by atoms with Crippen molar-refractivity contribution in [1.29, 1.82) is 5.26 Å². The Bertz CT molecular complexity index is 1180. The predicted octanol–water partition coefficient (Wildman–Crippen LogP) is 3.40. The summed E-state index contributed by atoms with van der Waals surface area (Å²) in [6.07, 6.45) is 1.51. The molecule has 1 aromatic heterocycles. The minimum absolute atomic E-state index is 0.00364. The van der Waals surface area contributed by atoms with Gasteiger partial charge in [0, 0.05) is 23.6 Å². The Kier molecular flexibility index (Phi) is 6.18. The number of ketones is 1. The molecular weight excluding hydrogens is 382 g/mol. The van der Waals surface area contributed by atoms with Crippen LogP contribution in [0.15, 0.2) is 48.0 Å². The molecule has 0 saturated carbocycles. The highest BCUT2D eigenvalue weighted by molar-refractivity contribution is 6.20. The molecule has 0 unspecified atom stereocenters. The van der Waals surface area contributed by atoms with Gasteiger partial charge in [-0.05, 0) is 36.8 Å². The molecule has 1 heterocycles. The number of rotatable bonds is 7. The summed E-state index contributed by atoms with van der Waals surface area (Å²) < 4.78 is 10.8. The van der Waals surface area contributed by atoms with Gasteiger partial charge in [-0.2, -0.15) is 5.26 Å². The van der Waals surface area contributed by atoms with Crippen molar-refractivity contribution in [2.75, 3.05) is 20.8 Å². The Labute approximate surface area is 173 Å². The van der Waals surface area contributed by atoms with Crippen molar-refractivity contribution in [3.05, 3.63) is 64.9 Å². The van der Waals surface area contributed by atoms with Crippen LogP contribution in [0, 0.1) is 18.3 Å². The number of methoxy groups -OCH3 is 1. The van der Waals surface area contributed by atoms with Gasteiger partial charge in [0.25, 0.3) is 5.91 Å². The number of para-hydroxylation sites is 1. The van der Waals surface area contributed by atoms with Gasteiger partial charge in [0.15, 0.2) is 18.1 Å². The Hall–Kier alpha value is -4.05. The number of likely N-dealkylation sites (N-methyl/N-ethyl adjacent to an activating group) is 1. The van der Waals surface area contributed by atoms with E-state index in [2.05, 4.69) is 10.3 Å². The third-order valence-electron chi connectivity index (χ3n) is 4.62. The second kappa shape index (κ2) is 8.97. The number of nitrogens with one attached hydrogen (secondary N) is 2. The fraction of sp³-hybridized carbons (Fsp3) is 0.174. The maximum absolute atomic E-state index is 13.1. The number of aromatic nitrogens is 1. The van der Waals surface area contributed by atoms with Gasteiger partial charge in [0.2, 0.25) is 5.78 Å². The third kappa shape index (κ3) is 4.18. The van der Waals surface area contributed by atoms with Gasteiger partial charge in [-0.15, -0.1) is 0 Å². The van der Waals surface area contributed by atoms with Crippen molar-refractivity contribution in [3.8, 4) is 17.6 Å². The van der Waals surface area contributed by atoms with E-state index in [1.807, 2.05) is 37.3 Å². The van der Waals surface area contributed by atoms with Crippen molar-refractivity contribution < 1.29 is 19.1 Å². The van der Waals surface area contributed by atoms with E-state index in [1.54, 1.807) is 18.2 Å². The van der Waals surface area contributed by atoms with Gasteiger partial charge in [-0.1, -0.05) is 24.3 Å². The average molecular weight is 403 g/mol. The van der Waals surface area contributed by atoms with Crippen molar-refractivity contribution in [1.82, 2.24) is 10.3 Å². The fourth-order valence-electron chi connectivity index (χ4n) is 3.13. The smallest absolute Gasteiger partial charge is 0.257 e. The summed E-state index contributed by atoms with van der Waals surface area (Å²) in [6.45, 7) is 1.66. The Morgan fingerprint density at radius 1 is 1.20 bits per heavy atom. The van der Waals surface area contributed by atoms with Crippen LogP contribution in [-0.4, -0.2) is 37.4 Å². The van der Waals surface area contributed by atoms with Gasteiger partial charge in [-0.3, -0.25) is 9.59 Å². The lowest BCUT2D eigenvalue weighted by Gasteiger charge is -2.11. The fourth-order valence-corrected chi connectivity index (χ4v) is 3.13. The molecule has 0 aliphatic heterocycles. The van der Waals surface area contributed by atoms with E-state index in [0.717, 1.165) is 10.9 Å². The van der Waals surface area contributed by atoms with Gasteiger partial charge in [-0.25, -0.2) is 0 Å². The SMILES string of the molecule is CNC(=O)COc1ccc(C=C(C#N)C(=O)c2c(C)[nH]c3ccccc23)cc1OC. The zero-order valence-electron chi connectivity index (χ0n) is 16.9. The summed E-state index contributed by atoms with van der Waals surface area (Å²) in [5.74, 6) is 0.148. The number of H-pyrrole nitrogens is 1. The first-order chi connectivity index (χ1) is 14.5. The predicted molar refractivity (Wildman–Crippen MR) is 114 cm³/mol. The van der Waals surface area contributed by atoms with E-state index in [9.17, 15) is 14.9 Å². The lowest BCUT2D eigenvalue weighted by Crippen LogP contribution is -2.24. The number of nitriles is 1. The molecule has 7 nitrogen and oxygen atoms in total. The topological polar surface area (TPSA) is 104 Å². The van der Waals surface area contributed by atoms with Crippen molar-refractivity contribution in [2.45, 2.75) is 6.92 Å². The van der Waals surface area contributed by atoms with Gasteiger partial charge >= 0.3 is 0 Å². The number of allylic oxidation sites excluding steroid dienone is 1. The molecule has 0 aliphatic rings. The highest BCUT2D eigenvalue weighted by Gasteiger charge is 2.20. The van der Waals surface area contributed by atoms with Crippen molar-refractivity contribution >= 4 is 28.7 Å². The number of hydrogen-bond donors (Lipinski definition) is 2. The molecule has 0 spiro atoms. The van der Waals surface area contributed by atoms with Crippen LogP contribution >= 0.6 is 0 Å². The minimum atomic E-state index is -0.355. The highest BCUT2D eigenvalue weighted by Crippen LogP contribution is 2.30. The number of aryl methyl sites for hydroxylation is 1. The van der Waals surface area contributed by atoms with E-state index in [0.29, 0.717) is 28.3 Å². The van der Waals surface area contributed by atoms with E-state index >= 15 is 0 Å². The van der Waals surface area contributed by atoms with Crippen LogP contribution in [0.4, 0.5) is 0 Å². The number of amides is 1. The summed E-state index contributed by atoms with van der Waals surface area (Å²) >= 11 is 0. The number of carbonyl (C=O) groups excluding carboxylic acids is 2. The molecule has 3 rings (SSSR count). The lowest BCUT2D eigenvalue weighted by atomic mass is 9.99. The first-order valence-electron chi connectivity index (χ1n) is 9.23. The number of Topliss-reactive ketones (excluding diaryl/α,β-unsaturated/α-hetero) is 1. The van der Waals surface area contributed by atoms with E-state index in [4.69, 9.17) is 9.47 Å². The van der Waals surface area contributed by atoms with Gasteiger partial charge < -0.3 is 19.8 Å². The maximum atomic E-state index is 13.1. The zero-order valence-corrected chi connectivity index (χ0v) is 16.9. The molecule has 0 fully saturated rings. The summed E-state index contributed by atoms with van der Waals surface area (Å²) in [7, 11) is 2.99. The number of carbonyl (C=O) groups is 2. The summed E-state index contributed by atoms with van der Waals surface area (Å²) in [4.78, 5) is 27.7. The minimum Gasteiger partial charge on any atom is -0.493 e. The maximum Gasteiger partial charge on any atom is 0.257 e. The highest BCUT2D eigenvalue weighted by atomic mass is 16.5. The number of nitrogens with zero attached hydrogens (tertiary/aromatic N) is 1. The molecule has 0 atom stereocenters. The lowest BCUT2D eigenvalue weighted by molar-refractivity contribution is -0.122. The Morgan fingerprint density at radius 2 is 1.97 bits per heavy atom. The summed E-state index contributed by atoms with van der Waals surface area (Å²) in [5.41, 5.74) is 2.63. The number of fused-ring (bicyclic) bond motifs is 1. The van der Waals surface area contributed by atoms with Crippen LogP contribution in [0.25, 0.3) is 17.0 Å². The third-order valence-corrected chi connectivity index (χ3v) is 4.62. The molecule has 7 heteroatoms. The van der Waals surface area contributed by atoms with Crippen LogP contribution in [0.2, 0.25) is 0 Å². The van der Waals surface area contributed by atoms with E-state index in [-0.39, 0.29) is 23.9 Å².